The standard InChI is InChI=1S/C11H9N3O2.C8H7FN2/c1-7-8(11(15)16)6-13-10(14-7)9-4-2-3-5-12-9;9-7-2-1-3-8-6(7)4-5-11(8)10/h2-6H,1H3,(H,15,16);1-5H,10H2. The number of nitrogens with zero attached hydrogens (tertiary/aromatic N) is 4. The average Bonchev–Trinajstić information content (AvgIpc) is 3.05. The van der Waals surface area contributed by atoms with Crippen molar-refractivity contribution < 1.29 is 14.3 Å². The van der Waals surface area contributed by atoms with E-state index in [4.69, 9.17) is 10.9 Å². The molecule has 0 radical (unpaired) electrons. The zero-order valence-corrected chi connectivity index (χ0v) is 14.4. The van der Waals surface area contributed by atoms with Crippen molar-refractivity contribution in [1.82, 2.24) is 19.6 Å². The van der Waals surface area contributed by atoms with Crippen molar-refractivity contribution in [3.63, 3.8) is 0 Å². The number of carboxylic acids is 1. The summed E-state index contributed by atoms with van der Waals surface area (Å²) in [6.07, 6.45) is 4.57. The van der Waals surface area contributed by atoms with Crippen LogP contribution in [0.2, 0.25) is 0 Å². The molecule has 0 aliphatic carbocycles. The summed E-state index contributed by atoms with van der Waals surface area (Å²) in [5.41, 5.74) is 1.88. The maximum Gasteiger partial charge on any atom is 0.339 e. The first-order valence-electron chi connectivity index (χ1n) is 7.96. The second-order valence-electron chi connectivity index (χ2n) is 5.61. The highest BCUT2D eigenvalue weighted by molar-refractivity contribution is 5.88. The summed E-state index contributed by atoms with van der Waals surface area (Å²) >= 11 is 0. The molecule has 0 atom stereocenters. The molecule has 3 heterocycles. The number of carboxylic acid groups (broad SMARTS) is 1. The first kappa shape index (κ1) is 18.0. The molecular weight excluding hydrogens is 349 g/mol. The number of benzene rings is 1. The van der Waals surface area contributed by atoms with Gasteiger partial charge >= 0.3 is 5.97 Å². The lowest BCUT2D eigenvalue weighted by atomic mass is 10.2. The second-order valence-corrected chi connectivity index (χ2v) is 5.61. The van der Waals surface area contributed by atoms with Gasteiger partial charge in [0.05, 0.1) is 16.8 Å². The number of carbonyl (C=O) groups is 1. The Kier molecular flexibility index (Phi) is 5.07. The molecule has 0 saturated carbocycles. The largest absolute Gasteiger partial charge is 0.478 e. The number of nitrogens with two attached hydrogens (primary N) is 1. The van der Waals surface area contributed by atoms with E-state index < -0.39 is 5.97 Å². The van der Waals surface area contributed by atoms with Crippen LogP contribution in [0.15, 0.2) is 61.1 Å². The zero-order valence-electron chi connectivity index (χ0n) is 14.4. The summed E-state index contributed by atoms with van der Waals surface area (Å²) < 4.78 is 14.3. The molecule has 27 heavy (non-hydrogen) atoms. The molecule has 0 unspecified atom stereocenters. The van der Waals surface area contributed by atoms with Crippen LogP contribution in [0.3, 0.4) is 0 Å². The zero-order chi connectivity index (χ0) is 19.4. The lowest BCUT2D eigenvalue weighted by molar-refractivity contribution is 0.0695. The highest BCUT2D eigenvalue weighted by Gasteiger charge is 2.11. The third kappa shape index (κ3) is 3.90. The number of nitrogen functional groups attached to an aromatic ring is 1. The highest BCUT2D eigenvalue weighted by atomic mass is 19.1. The number of aryl methyl sites for hydroxylation is 1. The van der Waals surface area contributed by atoms with Gasteiger partial charge in [-0.3, -0.25) is 9.66 Å². The van der Waals surface area contributed by atoms with E-state index in [9.17, 15) is 9.18 Å². The Balaban J connectivity index is 0.000000166. The van der Waals surface area contributed by atoms with E-state index >= 15 is 0 Å². The third-order valence-corrected chi connectivity index (χ3v) is 3.81. The molecule has 7 nitrogen and oxygen atoms in total. The van der Waals surface area contributed by atoms with Crippen molar-refractivity contribution in [2.24, 2.45) is 0 Å². The van der Waals surface area contributed by atoms with Crippen LogP contribution in [-0.4, -0.2) is 30.7 Å². The van der Waals surface area contributed by atoms with E-state index in [-0.39, 0.29) is 11.4 Å². The van der Waals surface area contributed by atoms with Crippen LogP contribution >= 0.6 is 0 Å². The SMILES string of the molecule is Cc1nc(-c2ccccn2)ncc1C(=O)O.Nn1ccc2c(F)cccc21. The van der Waals surface area contributed by atoms with Crippen LogP contribution in [0.5, 0.6) is 0 Å². The second kappa shape index (κ2) is 7.61. The van der Waals surface area contributed by atoms with Gasteiger partial charge in [-0.2, -0.15) is 0 Å². The van der Waals surface area contributed by atoms with Crippen molar-refractivity contribution in [1.29, 1.82) is 0 Å². The third-order valence-electron chi connectivity index (χ3n) is 3.81. The minimum atomic E-state index is -1.02. The molecule has 3 N–H and O–H groups in total. The van der Waals surface area contributed by atoms with Crippen LogP contribution < -0.4 is 5.84 Å². The molecule has 0 aliphatic heterocycles. The number of halogens is 1. The molecular formula is C19H16FN5O2. The van der Waals surface area contributed by atoms with Crippen molar-refractivity contribution >= 4 is 16.9 Å². The maximum absolute atomic E-state index is 12.9. The fourth-order valence-electron chi connectivity index (χ4n) is 2.45. The minimum Gasteiger partial charge on any atom is -0.478 e. The van der Waals surface area contributed by atoms with E-state index in [0.717, 1.165) is 0 Å². The molecule has 0 saturated heterocycles. The van der Waals surface area contributed by atoms with Gasteiger partial charge in [0, 0.05) is 24.0 Å². The van der Waals surface area contributed by atoms with Crippen molar-refractivity contribution in [3.8, 4) is 11.5 Å². The highest BCUT2D eigenvalue weighted by Crippen LogP contribution is 2.16. The van der Waals surface area contributed by atoms with Gasteiger partial charge in [0.1, 0.15) is 11.5 Å². The summed E-state index contributed by atoms with van der Waals surface area (Å²) in [5, 5.41) is 9.40. The molecule has 0 bridgehead atoms. The summed E-state index contributed by atoms with van der Waals surface area (Å²) in [5.74, 6) is 4.68. The van der Waals surface area contributed by atoms with Gasteiger partial charge in [-0.25, -0.2) is 19.2 Å². The van der Waals surface area contributed by atoms with Crippen LogP contribution in [0.25, 0.3) is 22.4 Å². The van der Waals surface area contributed by atoms with Gasteiger partial charge in [0.25, 0.3) is 0 Å². The van der Waals surface area contributed by atoms with Gasteiger partial charge < -0.3 is 10.9 Å². The smallest absolute Gasteiger partial charge is 0.339 e. The molecule has 8 heteroatoms. The first-order chi connectivity index (χ1) is 13.0. The van der Waals surface area contributed by atoms with Crippen LogP contribution in [0.1, 0.15) is 16.1 Å². The molecule has 0 aliphatic rings. The molecule has 136 valence electrons. The van der Waals surface area contributed by atoms with Gasteiger partial charge in [0.15, 0.2) is 5.82 Å². The Morgan fingerprint density at radius 2 is 1.96 bits per heavy atom. The van der Waals surface area contributed by atoms with Crippen molar-refractivity contribution in [2.45, 2.75) is 6.92 Å². The van der Waals surface area contributed by atoms with Gasteiger partial charge in [-0.05, 0) is 37.3 Å². The lowest BCUT2D eigenvalue weighted by Gasteiger charge is -2.02. The lowest BCUT2D eigenvalue weighted by Crippen LogP contribution is -2.04. The van der Waals surface area contributed by atoms with E-state index in [1.807, 2.05) is 6.07 Å². The van der Waals surface area contributed by atoms with Crippen LogP contribution in [0, 0.1) is 12.7 Å². The molecule has 4 rings (SSSR count). The molecule has 0 fully saturated rings. The molecule has 0 amide bonds. The predicted octanol–water partition coefficient (Wildman–Crippen LogP) is 3.04. The van der Waals surface area contributed by atoms with E-state index in [0.29, 0.717) is 28.1 Å². The van der Waals surface area contributed by atoms with Gasteiger partial charge in [0.2, 0.25) is 0 Å². The molecule has 3 aromatic heterocycles. The fraction of sp³-hybridized carbons (Fsp3) is 0.0526. The number of aromatic nitrogens is 4. The fourth-order valence-corrected chi connectivity index (χ4v) is 2.45. The Morgan fingerprint density at radius 3 is 2.59 bits per heavy atom. The number of rotatable bonds is 2. The Labute approximate surface area is 153 Å². The number of hydrogen-bond donors (Lipinski definition) is 2. The molecule has 4 aromatic rings. The summed E-state index contributed by atoms with van der Waals surface area (Å²) in [7, 11) is 0. The summed E-state index contributed by atoms with van der Waals surface area (Å²) in [6, 6.07) is 11.9. The first-order valence-corrected chi connectivity index (χ1v) is 7.96. The summed E-state index contributed by atoms with van der Waals surface area (Å²) in [6.45, 7) is 1.64. The van der Waals surface area contributed by atoms with E-state index in [1.54, 1.807) is 49.6 Å². The topological polar surface area (TPSA) is 107 Å². The van der Waals surface area contributed by atoms with E-state index in [1.165, 1.54) is 16.9 Å². The number of fused-ring (bicyclic) bond motifs is 1. The van der Waals surface area contributed by atoms with Crippen LogP contribution in [-0.2, 0) is 0 Å². The van der Waals surface area contributed by atoms with Gasteiger partial charge in [-0.15, -0.1) is 0 Å². The molecule has 1 aromatic carbocycles. The van der Waals surface area contributed by atoms with Crippen LogP contribution in [0.4, 0.5) is 4.39 Å². The number of aromatic carboxylic acids is 1. The normalized spacial score (nSPS) is 10.3. The average molecular weight is 365 g/mol. The van der Waals surface area contributed by atoms with Gasteiger partial charge in [-0.1, -0.05) is 12.1 Å². The monoisotopic (exact) mass is 365 g/mol. The summed E-state index contributed by atoms with van der Waals surface area (Å²) in [4.78, 5) is 23.0. The van der Waals surface area contributed by atoms with Crippen molar-refractivity contribution in [2.75, 3.05) is 5.84 Å². The quantitative estimate of drug-likeness (QED) is 0.529. The number of hydrogen-bond acceptors (Lipinski definition) is 5. The Bertz CT molecular complexity index is 1100. The Hall–Kier alpha value is -3.81. The Morgan fingerprint density at radius 1 is 1.15 bits per heavy atom. The van der Waals surface area contributed by atoms with Crippen molar-refractivity contribution in [3.05, 3.63) is 78.1 Å². The minimum absolute atomic E-state index is 0.111. The predicted molar refractivity (Wildman–Crippen MR) is 99.0 cm³/mol. The van der Waals surface area contributed by atoms with E-state index in [2.05, 4.69) is 15.0 Å². The number of pyridine rings is 1. The molecule has 0 spiro atoms. The maximum atomic E-state index is 12.9.